The van der Waals surface area contributed by atoms with Gasteiger partial charge in [0.2, 0.25) is 0 Å². The minimum atomic E-state index is -0.636. The first kappa shape index (κ1) is 12.0. The van der Waals surface area contributed by atoms with Gasteiger partial charge in [0.25, 0.3) is 0 Å². The fourth-order valence-corrected chi connectivity index (χ4v) is 3.44. The molecule has 1 fully saturated rings. The van der Waals surface area contributed by atoms with Crippen molar-refractivity contribution in [2.24, 2.45) is 0 Å². The molecule has 0 saturated carbocycles. The summed E-state index contributed by atoms with van der Waals surface area (Å²) >= 11 is 3.16. The molecular formula is C11H13BrFNOS. The van der Waals surface area contributed by atoms with Gasteiger partial charge in [-0.1, -0.05) is 0 Å². The quantitative estimate of drug-likeness (QED) is 0.910. The lowest BCUT2D eigenvalue weighted by Gasteiger charge is -2.23. The molecule has 0 aliphatic carbocycles. The van der Waals surface area contributed by atoms with Crippen molar-refractivity contribution < 1.29 is 8.60 Å². The largest absolute Gasteiger partial charge is 0.382 e. The third kappa shape index (κ3) is 3.04. The normalized spacial score (nSPS) is 25.4. The molecule has 0 radical (unpaired) electrons. The summed E-state index contributed by atoms with van der Waals surface area (Å²) in [6, 6.07) is 5.26. The average Bonchev–Trinajstić information content (AvgIpc) is 2.27. The van der Waals surface area contributed by atoms with E-state index in [0.717, 1.165) is 30.0 Å². The van der Waals surface area contributed by atoms with Gasteiger partial charge < -0.3 is 5.32 Å². The van der Waals surface area contributed by atoms with Crippen molar-refractivity contribution in [1.82, 2.24) is 0 Å². The van der Waals surface area contributed by atoms with Crippen LogP contribution in [0.25, 0.3) is 0 Å². The number of anilines is 1. The number of halogens is 2. The first-order valence-corrected chi connectivity index (χ1v) is 7.50. The molecule has 0 unspecified atom stereocenters. The molecule has 1 aliphatic heterocycles. The van der Waals surface area contributed by atoms with Crippen LogP contribution >= 0.6 is 15.9 Å². The molecular weight excluding hydrogens is 293 g/mol. The maximum Gasteiger partial charge on any atom is 0.137 e. The van der Waals surface area contributed by atoms with Gasteiger partial charge in [-0.2, -0.15) is 0 Å². The van der Waals surface area contributed by atoms with Gasteiger partial charge >= 0.3 is 0 Å². The van der Waals surface area contributed by atoms with E-state index < -0.39 is 10.8 Å². The highest BCUT2D eigenvalue weighted by molar-refractivity contribution is 9.10. The van der Waals surface area contributed by atoms with Crippen molar-refractivity contribution in [3.63, 3.8) is 0 Å². The fourth-order valence-electron chi connectivity index (χ4n) is 1.76. The smallest absolute Gasteiger partial charge is 0.137 e. The topological polar surface area (TPSA) is 29.1 Å². The lowest BCUT2D eigenvalue weighted by molar-refractivity contribution is 0.617. The maximum atomic E-state index is 13.0. The van der Waals surface area contributed by atoms with E-state index in [0.29, 0.717) is 10.5 Å². The molecule has 88 valence electrons. The number of rotatable bonds is 2. The van der Waals surface area contributed by atoms with Crippen LogP contribution in [0.15, 0.2) is 22.7 Å². The Labute approximate surface area is 105 Å². The minimum absolute atomic E-state index is 0.254. The summed E-state index contributed by atoms with van der Waals surface area (Å²) in [7, 11) is -0.636. The van der Waals surface area contributed by atoms with E-state index in [1.807, 2.05) is 0 Å². The zero-order valence-electron chi connectivity index (χ0n) is 8.71. The molecule has 2 nitrogen and oxygen atoms in total. The Kier molecular flexibility index (Phi) is 3.97. The van der Waals surface area contributed by atoms with Gasteiger partial charge in [0.1, 0.15) is 5.82 Å². The zero-order chi connectivity index (χ0) is 11.5. The van der Waals surface area contributed by atoms with E-state index in [4.69, 9.17) is 0 Å². The molecule has 1 heterocycles. The minimum Gasteiger partial charge on any atom is -0.382 e. The first-order chi connectivity index (χ1) is 7.65. The van der Waals surface area contributed by atoms with Crippen molar-refractivity contribution in [2.45, 2.75) is 18.9 Å². The second-order valence-corrected chi connectivity index (χ2v) is 6.45. The van der Waals surface area contributed by atoms with E-state index in [9.17, 15) is 8.60 Å². The highest BCUT2D eigenvalue weighted by atomic mass is 79.9. The summed E-state index contributed by atoms with van der Waals surface area (Å²) in [5, 5.41) is 3.34. The van der Waals surface area contributed by atoms with Crippen molar-refractivity contribution in [1.29, 1.82) is 0 Å². The van der Waals surface area contributed by atoms with E-state index in [1.54, 1.807) is 12.1 Å². The third-order valence-electron chi connectivity index (χ3n) is 2.68. The van der Waals surface area contributed by atoms with E-state index in [-0.39, 0.29) is 5.82 Å². The van der Waals surface area contributed by atoms with E-state index in [1.165, 1.54) is 6.07 Å². The molecule has 5 heteroatoms. The predicted octanol–water partition coefficient (Wildman–Crippen LogP) is 2.91. The molecule has 0 aromatic heterocycles. The van der Waals surface area contributed by atoms with Gasteiger partial charge in [0, 0.05) is 34.0 Å². The second-order valence-electron chi connectivity index (χ2n) is 3.90. The maximum absolute atomic E-state index is 13.0. The molecule has 16 heavy (non-hydrogen) atoms. The second kappa shape index (κ2) is 5.27. The van der Waals surface area contributed by atoms with Crippen LogP contribution in [-0.4, -0.2) is 21.8 Å². The van der Waals surface area contributed by atoms with Crippen LogP contribution in [0.5, 0.6) is 0 Å². The lowest BCUT2D eigenvalue weighted by atomic mass is 10.1. The van der Waals surface area contributed by atoms with Crippen LogP contribution in [0.2, 0.25) is 0 Å². The van der Waals surface area contributed by atoms with Gasteiger partial charge in [-0.15, -0.1) is 0 Å². The van der Waals surface area contributed by atoms with Gasteiger partial charge in [-0.25, -0.2) is 4.39 Å². The van der Waals surface area contributed by atoms with Crippen molar-refractivity contribution >= 4 is 32.4 Å². The van der Waals surface area contributed by atoms with E-state index in [2.05, 4.69) is 21.2 Å². The summed E-state index contributed by atoms with van der Waals surface area (Å²) in [5.74, 6) is 1.27. The Morgan fingerprint density at radius 2 is 2.06 bits per heavy atom. The van der Waals surface area contributed by atoms with Crippen molar-refractivity contribution in [3.8, 4) is 0 Å². The average molecular weight is 306 g/mol. The Morgan fingerprint density at radius 3 is 2.69 bits per heavy atom. The first-order valence-electron chi connectivity index (χ1n) is 5.22. The van der Waals surface area contributed by atoms with Crippen LogP contribution < -0.4 is 5.32 Å². The molecule has 0 amide bonds. The standard InChI is InChI=1S/C11H13BrFNOS/c12-10-7-9(1-2-11(10)13)14-8-3-5-16(15)6-4-8/h1-2,7-8,14H,3-6H2. The Balaban J connectivity index is 1.98. The number of hydrogen-bond donors (Lipinski definition) is 1. The highest BCUT2D eigenvalue weighted by Gasteiger charge is 2.17. The van der Waals surface area contributed by atoms with Crippen molar-refractivity contribution in [2.75, 3.05) is 16.8 Å². The molecule has 1 aromatic rings. The molecule has 0 atom stereocenters. The lowest BCUT2D eigenvalue weighted by Crippen LogP contribution is -2.29. The van der Waals surface area contributed by atoms with Crippen LogP contribution in [0.1, 0.15) is 12.8 Å². The Bertz CT molecular complexity index is 403. The van der Waals surface area contributed by atoms with Gasteiger partial charge in [-0.3, -0.25) is 4.21 Å². The Hall–Kier alpha value is -0.420. The van der Waals surface area contributed by atoms with Crippen molar-refractivity contribution in [3.05, 3.63) is 28.5 Å². The predicted molar refractivity (Wildman–Crippen MR) is 68.6 cm³/mol. The Morgan fingerprint density at radius 1 is 1.38 bits per heavy atom. The van der Waals surface area contributed by atoms with Gasteiger partial charge in [-0.05, 0) is 47.0 Å². The molecule has 1 saturated heterocycles. The van der Waals surface area contributed by atoms with Crippen LogP contribution in [0.3, 0.4) is 0 Å². The number of benzene rings is 1. The summed E-state index contributed by atoms with van der Waals surface area (Å²) in [4.78, 5) is 0. The molecule has 1 aromatic carbocycles. The van der Waals surface area contributed by atoms with E-state index >= 15 is 0 Å². The summed E-state index contributed by atoms with van der Waals surface area (Å²) < 4.78 is 24.7. The molecule has 1 aliphatic rings. The summed E-state index contributed by atoms with van der Waals surface area (Å²) in [6.45, 7) is 0. The zero-order valence-corrected chi connectivity index (χ0v) is 11.1. The third-order valence-corrected chi connectivity index (χ3v) is 4.67. The van der Waals surface area contributed by atoms with Crippen LogP contribution in [0.4, 0.5) is 10.1 Å². The monoisotopic (exact) mass is 305 g/mol. The number of hydrogen-bond acceptors (Lipinski definition) is 2. The fraction of sp³-hybridized carbons (Fsp3) is 0.455. The summed E-state index contributed by atoms with van der Waals surface area (Å²) in [6.07, 6.45) is 1.84. The molecule has 0 spiro atoms. The summed E-state index contributed by atoms with van der Waals surface area (Å²) in [5.41, 5.74) is 0.908. The van der Waals surface area contributed by atoms with Gasteiger partial charge in [0.15, 0.2) is 0 Å². The molecule has 2 rings (SSSR count). The SMILES string of the molecule is O=S1CCC(Nc2ccc(F)c(Br)c2)CC1. The molecule has 0 bridgehead atoms. The number of nitrogens with one attached hydrogen (secondary N) is 1. The highest BCUT2D eigenvalue weighted by Crippen LogP contribution is 2.22. The van der Waals surface area contributed by atoms with Crippen LogP contribution in [-0.2, 0) is 10.8 Å². The molecule has 1 N–H and O–H groups in total. The van der Waals surface area contributed by atoms with Gasteiger partial charge in [0.05, 0.1) is 4.47 Å². The van der Waals surface area contributed by atoms with Crippen LogP contribution in [0, 0.1) is 5.82 Å².